The summed E-state index contributed by atoms with van der Waals surface area (Å²) in [6.45, 7) is -1.71. The van der Waals surface area contributed by atoms with Gasteiger partial charge in [0.15, 0.2) is 0 Å². The van der Waals surface area contributed by atoms with E-state index < -0.39 is 80.1 Å². The van der Waals surface area contributed by atoms with Crippen LogP contribution in [0.3, 0.4) is 0 Å². The molecule has 2 saturated heterocycles. The standard InChI is InChI=1S/C15H26O13/c1-2-25-13(24)15(12(23)10(21)8(19)6(3-16)27-15)28-14(5-18)11(22)9(20)7(4-17)26-14/h6-12,16-23H,2-5H2,1H3/t6-,7-,8-,9-,10+,11+,12-,14?,15-/m1/s1. The Morgan fingerprint density at radius 1 is 0.893 bits per heavy atom. The van der Waals surface area contributed by atoms with Crippen LogP contribution in [0.25, 0.3) is 0 Å². The van der Waals surface area contributed by atoms with Crippen molar-refractivity contribution in [1.82, 2.24) is 0 Å². The maximum Gasteiger partial charge on any atom is 0.370 e. The van der Waals surface area contributed by atoms with Gasteiger partial charge in [0.25, 0.3) is 0 Å². The van der Waals surface area contributed by atoms with Gasteiger partial charge in [-0.3, -0.25) is 0 Å². The van der Waals surface area contributed by atoms with Gasteiger partial charge >= 0.3 is 11.8 Å². The second-order valence-corrected chi connectivity index (χ2v) is 6.50. The zero-order chi connectivity index (χ0) is 21.3. The summed E-state index contributed by atoms with van der Waals surface area (Å²) in [6, 6.07) is 0. The Morgan fingerprint density at radius 3 is 1.93 bits per heavy atom. The smallest absolute Gasteiger partial charge is 0.370 e. The molecule has 13 nitrogen and oxygen atoms in total. The molecule has 164 valence electrons. The predicted octanol–water partition coefficient (Wildman–Crippen LogP) is -5.46. The lowest BCUT2D eigenvalue weighted by atomic mass is 9.91. The van der Waals surface area contributed by atoms with Crippen molar-refractivity contribution in [3.05, 3.63) is 0 Å². The first-order chi connectivity index (χ1) is 13.1. The van der Waals surface area contributed by atoms with Crippen LogP contribution in [0.2, 0.25) is 0 Å². The molecule has 2 rings (SSSR count). The van der Waals surface area contributed by atoms with Crippen LogP contribution in [0.1, 0.15) is 6.92 Å². The first-order valence-electron chi connectivity index (χ1n) is 8.60. The van der Waals surface area contributed by atoms with E-state index in [1.165, 1.54) is 6.92 Å². The van der Waals surface area contributed by atoms with Gasteiger partial charge in [0.2, 0.25) is 5.79 Å². The summed E-state index contributed by atoms with van der Waals surface area (Å²) in [5, 5.41) is 79.1. The molecule has 0 spiro atoms. The SMILES string of the molecule is CCOC(=O)[C@@]1(OC2(CO)O[C@H](CO)[C@@H](O)[C@@H]2O)O[C@H](CO)[C@@H](O)[C@H](O)[C@H]1O. The Hall–Kier alpha value is -0.970. The first-order valence-corrected chi connectivity index (χ1v) is 8.60. The van der Waals surface area contributed by atoms with Crippen molar-refractivity contribution in [3.63, 3.8) is 0 Å². The molecular weight excluding hydrogens is 388 g/mol. The molecule has 13 heteroatoms. The Morgan fingerprint density at radius 2 is 1.46 bits per heavy atom. The minimum absolute atomic E-state index is 0.236. The van der Waals surface area contributed by atoms with Crippen molar-refractivity contribution in [3.8, 4) is 0 Å². The molecule has 0 aromatic heterocycles. The lowest BCUT2D eigenvalue weighted by Gasteiger charge is -2.49. The quantitative estimate of drug-likeness (QED) is 0.183. The van der Waals surface area contributed by atoms with Crippen LogP contribution in [0.5, 0.6) is 0 Å². The molecule has 28 heavy (non-hydrogen) atoms. The van der Waals surface area contributed by atoms with E-state index in [-0.39, 0.29) is 6.61 Å². The minimum Gasteiger partial charge on any atom is -0.462 e. The van der Waals surface area contributed by atoms with Crippen molar-refractivity contribution in [2.24, 2.45) is 0 Å². The third-order valence-corrected chi connectivity index (χ3v) is 4.74. The topological polar surface area (TPSA) is 216 Å². The van der Waals surface area contributed by atoms with E-state index >= 15 is 0 Å². The lowest BCUT2D eigenvalue weighted by molar-refractivity contribution is -0.421. The van der Waals surface area contributed by atoms with E-state index in [9.17, 15) is 45.6 Å². The summed E-state index contributed by atoms with van der Waals surface area (Å²) >= 11 is 0. The summed E-state index contributed by atoms with van der Waals surface area (Å²) in [6.07, 6.45) is -13.0. The number of carbonyl (C=O) groups excluding carboxylic acids is 1. The minimum atomic E-state index is -2.96. The molecule has 0 amide bonds. The summed E-state index contributed by atoms with van der Waals surface area (Å²) in [4.78, 5) is 12.6. The van der Waals surface area contributed by atoms with Crippen molar-refractivity contribution >= 4 is 5.97 Å². The molecule has 0 aliphatic carbocycles. The van der Waals surface area contributed by atoms with E-state index in [0.29, 0.717) is 0 Å². The maximum atomic E-state index is 12.6. The highest BCUT2D eigenvalue weighted by Crippen LogP contribution is 2.41. The monoisotopic (exact) mass is 414 g/mol. The van der Waals surface area contributed by atoms with Crippen molar-refractivity contribution in [1.29, 1.82) is 0 Å². The largest absolute Gasteiger partial charge is 0.462 e. The molecule has 8 N–H and O–H groups in total. The molecule has 2 fully saturated rings. The number of esters is 1. The van der Waals surface area contributed by atoms with Gasteiger partial charge in [-0.15, -0.1) is 0 Å². The summed E-state index contributed by atoms with van der Waals surface area (Å²) < 4.78 is 20.5. The highest BCUT2D eigenvalue weighted by molar-refractivity contribution is 5.79. The van der Waals surface area contributed by atoms with Crippen molar-refractivity contribution in [2.45, 2.75) is 61.2 Å². The van der Waals surface area contributed by atoms with Gasteiger partial charge in [0.1, 0.15) is 49.3 Å². The number of ether oxygens (including phenoxy) is 4. The van der Waals surface area contributed by atoms with Gasteiger partial charge in [0, 0.05) is 0 Å². The Bertz CT molecular complexity index is 544. The molecule has 2 aliphatic rings. The Kier molecular flexibility index (Phi) is 7.33. The zero-order valence-corrected chi connectivity index (χ0v) is 15.0. The molecule has 0 saturated carbocycles. The highest BCUT2D eigenvalue weighted by Gasteiger charge is 2.67. The van der Waals surface area contributed by atoms with Crippen molar-refractivity contribution in [2.75, 3.05) is 26.4 Å². The average molecular weight is 414 g/mol. The van der Waals surface area contributed by atoms with E-state index in [1.54, 1.807) is 0 Å². The normalized spacial score (nSPS) is 46.5. The van der Waals surface area contributed by atoms with E-state index in [2.05, 4.69) is 0 Å². The predicted molar refractivity (Wildman–Crippen MR) is 84.2 cm³/mol. The zero-order valence-electron chi connectivity index (χ0n) is 15.0. The molecule has 1 unspecified atom stereocenters. The second-order valence-electron chi connectivity index (χ2n) is 6.50. The average Bonchev–Trinajstić information content (AvgIpc) is 2.93. The summed E-state index contributed by atoms with van der Waals surface area (Å²) in [5.74, 6) is -6.96. The van der Waals surface area contributed by atoms with Gasteiger partial charge in [-0.05, 0) is 6.92 Å². The van der Waals surface area contributed by atoms with Crippen LogP contribution in [-0.2, 0) is 23.7 Å². The first kappa shape index (κ1) is 23.3. The fraction of sp³-hybridized carbons (Fsp3) is 0.933. The molecule has 9 atom stereocenters. The van der Waals surface area contributed by atoms with E-state index in [0.717, 1.165) is 0 Å². The van der Waals surface area contributed by atoms with Crippen LogP contribution >= 0.6 is 0 Å². The Labute approximate surface area is 159 Å². The fourth-order valence-corrected chi connectivity index (χ4v) is 3.18. The lowest BCUT2D eigenvalue weighted by Crippen LogP contribution is -2.72. The second kappa shape index (κ2) is 8.81. The summed E-state index contributed by atoms with van der Waals surface area (Å²) in [5.41, 5.74) is 0. The van der Waals surface area contributed by atoms with E-state index in [4.69, 9.17) is 18.9 Å². The number of aliphatic hydroxyl groups excluding tert-OH is 8. The van der Waals surface area contributed by atoms with Crippen LogP contribution in [0.15, 0.2) is 0 Å². The molecule has 0 aromatic rings. The molecule has 2 aliphatic heterocycles. The molecule has 2 heterocycles. The molecule has 0 bridgehead atoms. The third-order valence-electron chi connectivity index (χ3n) is 4.74. The van der Waals surface area contributed by atoms with Gasteiger partial charge in [-0.1, -0.05) is 0 Å². The van der Waals surface area contributed by atoms with E-state index in [1.807, 2.05) is 0 Å². The fourth-order valence-electron chi connectivity index (χ4n) is 3.18. The number of aliphatic hydroxyl groups is 8. The number of carbonyl (C=O) groups is 1. The number of hydrogen-bond acceptors (Lipinski definition) is 13. The van der Waals surface area contributed by atoms with Crippen LogP contribution in [-0.4, -0.2) is 128 Å². The summed E-state index contributed by atoms with van der Waals surface area (Å²) in [7, 11) is 0. The molecular formula is C15H26O13. The maximum absolute atomic E-state index is 12.6. The van der Waals surface area contributed by atoms with Crippen LogP contribution in [0.4, 0.5) is 0 Å². The van der Waals surface area contributed by atoms with Gasteiger partial charge < -0.3 is 59.8 Å². The van der Waals surface area contributed by atoms with Crippen LogP contribution < -0.4 is 0 Å². The number of rotatable bonds is 7. The van der Waals surface area contributed by atoms with Crippen LogP contribution in [0, 0.1) is 0 Å². The molecule has 0 aromatic carbocycles. The highest BCUT2D eigenvalue weighted by atomic mass is 16.8. The Balaban J connectivity index is 2.50. The van der Waals surface area contributed by atoms with Gasteiger partial charge in [-0.25, -0.2) is 4.79 Å². The van der Waals surface area contributed by atoms with Gasteiger partial charge in [-0.2, -0.15) is 0 Å². The third kappa shape index (κ3) is 3.64. The van der Waals surface area contributed by atoms with Gasteiger partial charge in [0.05, 0.1) is 19.8 Å². The number of hydrogen-bond donors (Lipinski definition) is 8. The van der Waals surface area contributed by atoms with Crippen molar-refractivity contribution < 1.29 is 64.6 Å². The molecule has 0 radical (unpaired) electrons.